The number of benzene rings is 1. The third-order valence-electron chi connectivity index (χ3n) is 2.62. The first-order valence-corrected chi connectivity index (χ1v) is 6.41. The molecule has 1 aromatic carbocycles. The summed E-state index contributed by atoms with van der Waals surface area (Å²) < 4.78 is 0.870. The van der Waals surface area contributed by atoms with Crippen LogP contribution < -0.4 is 0 Å². The summed E-state index contributed by atoms with van der Waals surface area (Å²) >= 11 is 3.30. The van der Waals surface area contributed by atoms with Gasteiger partial charge in [0.2, 0.25) is 5.91 Å². The zero-order valence-electron chi connectivity index (χ0n) is 10.6. The van der Waals surface area contributed by atoms with Gasteiger partial charge in [-0.05, 0) is 31.5 Å². The number of halogens is 1. The van der Waals surface area contributed by atoms with Crippen LogP contribution in [0.5, 0.6) is 0 Å². The number of amides is 1. The van der Waals surface area contributed by atoms with Crippen molar-refractivity contribution in [1.82, 2.24) is 4.90 Å². The van der Waals surface area contributed by atoms with E-state index in [0.717, 1.165) is 4.47 Å². The van der Waals surface area contributed by atoms with Gasteiger partial charge in [-0.2, -0.15) is 0 Å². The monoisotopic (exact) mass is 313 g/mol. The van der Waals surface area contributed by atoms with E-state index in [1.807, 2.05) is 0 Å². The molecule has 0 spiro atoms. The molecule has 0 radical (unpaired) electrons. The Labute approximate surface area is 115 Å². The SMILES string of the molecule is CC(=O)N(C(C)C)C(C(=O)O)c1ccc(Br)cc1. The molecule has 1 amide bonds. The van der Waals surface area contributed by atoms with Crippen molar-refractivity contribution in [3.8, 4) is 0 Å². The fraction of sp³-hybridized carbons (Fsp3) is 0.385. The number of rotatable bonds is 4. The highest BCUT2D eigenvalue weighted by molar-refractivity contribution is 9.10. The van der Waals surface area contributed by atoms with Crippen LogP contribution in [0.15, 0.2) is 28.7 Å². The van der Waals surface area contributed by atoms with E-state index in [9.17, 15) is 14.7 Å². The molecule has 98 valence electrons. The number of hydrogen-bond acceptors (Lipinski definition) is 2. The van der Waals surface area contributed by atoms with Crippen molar-refractivity contribution in [2.75, 3.05) is 0 Å². The van der Waals surface area contributed by atoms with Gasteiger partial charge in [0.1, 0.15) is 0 Å². The molecule has 1 N–H and O–H groups in total. The summed E-state index contributed by atoms with van der Waals surface area (Å²) in [5.41, 5.74) is 0.592. The van der Waals surface area contributed by atoms with Crippen LogP contribution >= 0.6 is 15.9 Å². The normalized spacial score (nSPS) is 12.3. The van der Waals surface area contributed by atoms with Crippen LogP contribution in [0, 0.1) is 0 Å². The maximum absolute atomic E-state index is 11.6. The van der Waals surface area contributed by atoms with Crippen LogP contribution in [0.25, 0.3) is 0 Å². The van der Waals surface area contributed by atoms with Crippen molar-refractivity contribution in [1.29, 1.82) is 0 Å². The topological polar surface area (TPSA) is 57.6 Å². The zero-order chi connectivity index (χ0) is 13.9. The molecular weight excluding hydrogens is 298 g/mol. The number of carbonyl (C=O) groups is 2. The van der Waals surface area contributed by atoms with Crippen molar-refractivity contribution >= 4 is 27.8 Å². The lowest BCUT2D eigenvalue weighted by Crippen LogP contribution is -2.42. The third-order valence-corrected chi connectivity index (χ3v) is 3.15. The van der Waals surface area contributed by atoms with Crippen molar-refractivity contribution in [2.24, 2.45) is 0 Å². The van der Waals surface area contributed by atoms with Gasteiger partial charge >= 0.3 is 5.97 Å². The minimum absolute atomic E-state index is 0.174. The van der Waals surface area contributed by atoms with E-state index in [1.54, 1.807) is 38.1 Å². The lowest BCUT2D eigenvalue weighted by Gasteiger charge is -2.31. The second kappa shape index (κ2) is 6.00. The molecule has 0 saturated carbocycles. The molecule has 18 heavy (non-hydrogen) atoms. The molecule has 0 fully saturated rings. The molecule has 1 aromatic rings. The first-order valence-electron chi connectivity index (χ1n) is 5.61. The van der Waals surface area contributed by atoms with Crippen molar-refractivity contribution in [3.63, 3.8) is 0 Å². The van der Waals surface area contributed by atoms with Crippen LogP contribution in [-0.4, -0.2) is 27.9 Å². The lowest BCUT2D eigenvalue weighted by molar-refractivity contribution is -0.151. The van der Waals surface area contributed by atoms with Crippen LogP contribution in [-0.2, 0) is 9.59 Å². The number of carbonyl (C=O) groups excluding carboxylic acids is 1. The van der Waals surface area contributed by atoms with E-state index >= 15 is 0 Å². The Morgan fingerprint density at radius 1 is 1.22 bits per heavy atom. The van der Waals surface area contributed by atoms with Crippen LogP contribution in [0.2, 0.25) is 0 Å². The summed E-state index contributed by atoms with van der Waals surface area (Å²) in [6.45, 7) is 4.99. The predicted molar refractivity (Wildman–Crippen MR) is 72.2 cm³/mol. The molecule has 1 atom stereocenters. The molecule has 0 heterocycles. The molecule has 1 unspecified atom stereocenters. The van der Waals surface area contributed by atoms with Crippen LogP contribution in [0.3, 0.4) is 0 Å². The predicted octanol–water partition coefficient (Wildman–Crippen LogP) is 2.83. The van der Waals surface area contributed by atoms with E-state index < -0.39 is 12.0 Å². The highest BCUT2D eigenvalue weighted by Crippen LogP contribution is 2.25. The van der Waals surface area contributed by atoms with Crippen molar-refractivity contribution in [3.05, 3.63) is 34.3 Å². The molecule has 0 aliphatic rings. The van der Waals surface area contributed by atoms with Gasteiger partial charge in [0, 0.05) is 17.4 Å². The summed E-state index contributed by atoms with van der Waals surface area (Å²) in [4.78, 5) is 24.4. The molecule has 0 aliphatic carbocycles. The largest absolute Gasteiger partial charge is 0.479 e. The van der Waals surface area contributed by atoms with Crippen LogP contribution in [0.4, 0.5) is 0 Å². The van der Waals surface area contributed by atoms with E-state index in [0.29, 0.717) is 5.56 Å². The van der Waals surface area contributed by atoms with Gasteiger partial charge in [-0.3, -0.25) is 4.79 Å². The first-order chi connectivity index (χ1) is 8.34. The van der Waals surface area contributed by atoms with Gasteiger partial charge in [-0.1, -0.05) is 28.1 Å². The van der Waals surface area contributed by atoms with E-state index in [4.69, 9.17) is 0 Å². The summed E-state index contributed by atoms with van der Waals surface area (Å²) in [6, 6.07) is 5.83. The molecular formula is C13H16BrNO3. The zero-order valence-corrected chi connectivity index (χ0v) is 12.1. The molecule has 0 saturated heterocycles. The van der Waals surface area contributed by atoms with Gasteiger partial charge in [-0.25, -0.2) is 4.79 Å². The quantitative estimate of drug-likeness (QED) is 0.930. The summed E-state index contributed by atoms with van der Waals surface area (Å²) in [5, 5.41) is 9.36. The van der Waals surface area contributed by atoms with E-state index in [-0.39, 0.29) is 11.9 Å². The standard InChI is InChI=1S/C13H16BrNO3/c1-8(2)15(9(3)16)12(13(17)18)10-4-6-11(14)7-5-10/h4-8,12H,1-3H3,(H,17,18). The third kappa shape index (κ3) is 3.32. The molecule has 4 nitrogen and oxygen atoms in total. The second-order valence-corrected chi connectivity index (χ2v) is 5.23. The van der Waals surface area contributed by atoms with Gasteiger partial charge in [-0.15, -0.1) is 0 Å². The number of nitrogens with zero attached hydrogens (tertiary/aromatic N) is 1. The number of aliphatic carboxylic acids is 1. The highest BCUT2D eigenvalue weighted by Gasteiger charge is 2.31. The Morgan fingerprint density at radius 3 is 2.06 bits per heavy atom. The maximum Gasteiger partial charge on any atom is 0.331 e. The molecule has 0 bridgehead atoms. The molecule has 1 rings (SSSR count). The van der Waals surface area contributed by atoms with Gasteiger partial charge in [0.05, 0.1) is 0 Å². The Kier molecular flexibility index (Phi) is 4.90. The van der Waals surface area contributed by atoms with Crippen LogP contribution in [0.1, 0.15) is 32.4 Å². The van der Waals surface area contributed by atoms with Gasteiger partial charge < -0.3 is 10.0 Å². The number of carboxylic acids is 1. The fourth-order valence-corrected chi connectivity index (χ4v) is 2.18. The second-order valence-electron chi connectivity index (χ2n) is 4.31. The number of carboxylic acid groups (broad SMARTS) is 1. The molecule has 5 heteroatoms. The lowest BCUT2D eigenvalue weighted by atomic mass is 10.0. The van der Waals surface area contributed by atoms with Crippen molar-refractivity contribution < 1.29 is 14.7 Å². The average molecular weight is 314 g/mol. The Balaban J connectivity index is 3.20. The minimum atomic E-state index is -1.03. The fourth-order valence-electron chi connectivity index (χ4n) is 1.91. The number of hydrogen-bond donors (Lipinski definition) is 1. The maximum atomic E-state index is 11.6. The highest BCUT2D eigenvalue weighted by atomic mass is 79.9. The summed E-state index contributed by atoms with van der Waals surface area (Å²) in [7, 11) is 0. The van der Waals surface area contributed by atoms with Crippen molar-refractivity contribution in [2.45, 2.75) is 32.9 Å². The minimum Gasteiger partial charge on any atom is -0.479 e. The van der Waals surface area contributed by atoms with Gasteiger partial charge in [0.25, 0.3) is 0 Å². The summed E-state index contributed by atoms with van der Waals surface area (Å²) in [5.74, 6) is -1.28. The average Bonchev–Trinajstić information content (AvgIpc) is 2.25. The molecule has 0 aliphatic heterocycles. The molecule has 0 aromatic heterocycles. The van der Waals surface area contributed by atoms with Gasteiger partial charge in [0.15, 0.2) is 6.04 Å². The van der Waals surface area contributed by atoms with E-state index in [2.05, 4.69) is 15.9 Å². The van der Waals surface area contributed by atoms with E-state index in [1.165, 1.54) is 11.8 Å². The Morgan fingerprint density at radius 2 is 1.72 bits per heavy atom. The summed E-state index contributed by atoms with van der Waals surface area (Å²) in [6.07, 6.45) is 0. The smallest absolute Gasteiger partial charge is 0.331 e. The Bertz CT molecular complexity index is 442. The first kappa shape index (κ1) is 14.7. The Hall–Kier alpha value is -1.36.